The Hall–Kier alpha value is -1.69. The maximum absolute atomic E-state index is 12.8. The fourth-order valence-electron chi connectivity index (χ4n) is 1.56. The Bertz CT molecular complexity index is 577. The first-order chi connectivity index (χ1) is 7.99. The molecule has 3 nitrogen and oxygen atoms in total. The molecule has 0 saturated carbocycles. The number of carbonyl (C=O) groups excluding carboxylic acids is 1. The summed E-state index contributed by atoms with van der Waals surface area (Å²) in [4.78, 5) is 10.8. The van der Waals surface area contributed by atoms with Gasteiger partial charge >= 0.3 is 5.97 Å². The first-order valence-electron chi connectivity index (χ1n) is 4.69. The van der Waals surface area contributed by atoms with Crippen LogP contribution in [0.4, 0.5) is 8.78 Å². The van der Waals surface area contributed by atoms with E-state index in [9.17, 15) is 18.7 Å². The number of aromatic hydroxyl groups is 1. The molecule has 1 heterocycles. The number of phenols is 1. The van der Waals surface area contributed by atoms with Gasteiger partial charge < -0.3 is 9.84 Å². The maximum Gasteiger partial charge on any atom is 0.308 e. The van der Waals surface area contributed by atoms with Gasteiger partial charge in [-0.25, -0.2) is 8.78 Å². The SMILES string of the molecule is CC(=O)Oc1csc2cc(O)cc(C(F)F)c12. The molecule has 2 rings (SSSR count). The van der Waals surface area contributed by atoms with Crippen molar-refractivity contribution in [2.75, 3.05) is 0 Å². The van der Waals surface area contributed by atoms with Crippen LogP contribution in [0.2, 0.25) is 0 Å². The van der Waals surface area contributed by atoms with E-state index in [1.54, 1.807) is 0 Å². The molecule has 0 saturated heterocycles. The highest BCUT2D eigenvalue weighted by Crippen LogP contribution is 2.41. The summed E-state index contributed by atoms with van der Waals surface area (Å²) < 4.78 is 31.0. The van der Waals surface area contributed by atoms with E-state index in [2.05, 4.69) is 0 Å². The molecule has 17 heavy (non-hydrogen) atoms. The fraction of sp³-hybridized carbons (Fsp3) is 0.182. The van der Waals surface area contributed by atoms with Gasteiger partial charge in [-0.1, -0.05) is 0 Å². The van der Waals surface area contributed by atoms with Crippen LogP contribution in [0.5, 0.6) is 11.5 Å². The summed E-state index contributed by atoms with van der Waals surface area (Å²) in [5.74, 6) is -0.699. The molecule has 1 aromatic carbocycles. The van der Waals surface area contributed by atoms with Crippen LogP contribution in [0.15, 0.2) is 17.5 Å². The van der Waals surface area contributed by atoms with Gasteiger partial charge in [-0.2, -0.15) is 0 Å². The second kappa shape index (κ2) is 4.29. The number of hydrogen-bond donors (Lipinski definition) is 1. The molecule has 0 aliphatic heterocycles. The largest absolute Gasteiger partial charge is 0.508 e. The number of rotatable bonds is 2. The third-order valence-electron chi connectivity index (χ3n) is 2.15. The van der Waals surface area contributed by atoms with Crippen molar-refractivity contribution in [2.24, 2.45) is 0 Å². The maximum atomic E-state index is 12.8. The van der Waals surface area contributed by atoms with Crippen LogP contribution in [0.25, 0.3) is 10.1 Å². The van der Waals surface area contributed by atoms with Crippen LogP contribution >= 0.6 is 11.3 Å². The summed E-state index contributed by atoms with van der Waals surface area (Å²) in [6, 6.07) is 2.34. The molecule has 1 N–H and O–H groups in total. The van der Waals surface area contributed by atoms with Gasteiger partial charge in [0.15, 0.2) is 0 Å². The zero-order valence-electron chi connectivity index (χ0n) is 8.74. The Morgan fingerprint density at radius 3 is 2.76 bits per heavy atom. The molecule has 0 radical (unpaired) electrons. The summed E-state index contributed by atoms with van der Waals surface area (Å²) in [7, 11) is 0. The van der Waals surface area contributed by atoms with E-state index in [0.29, 0.717) is 4.70 Å². The minimum absolute atomic E-state index is 0.104. The zero-order chi connectivity index (χ0) is 12.6. The Balaban J connectivity index is 2.68. The van der Waals surface area contributed by atoms with E-state index in [4.69, 9.17) is 4.74 Å². The van der Waals surface area contributed by atoms with Crippen molar-refractivity contribution in [3.8, 4) is 11.5 Å². The molecule has 2 aromatic rings. The van der Waals surface area contributed by atoms with Crippen molar-refractivity contribution in [1.29, 1.82) is 0 Å². The molecule has 0 aliphatic carbocycles. The van der Waals surface area contributed by atoms with E-state index >= 15 is 0 Å². The van der Waals surface area contributed by atoms with Gasteiger partial charge in [-0.15, -0.1) is 11.3 Å². The molecule has 1 aromatic heterocycles. The van der Waals surface area contributed by atoms with Crippen LogP contribution in [-0.2, 0) is 4.79 Å². The number of thiophene rings is 1. The summed E-state index contributed by atoms with van der Waals surface area (Å²) in [5.41, 5.74) is -0.336. The number of benzene rings is 1. The van der Waals surface area contributed by atoms with Gasteiger partial charge in [0.1, 0.15) is 11.5 Å². The summed E-state index contributed by atoms with van der Waals surface area (Å²) in [5, 5.41) is 11.0. The normalized spacial score (nSPS) is 11.1. The van der Waals surface area contributed by atoms with Crippen LogP contribution in [-0.4, -0.2) is 11.1 Å². The predicted molar refractivity (Wildman–Crippen MR) is 59.8 cm³/mol. The van der Waals surface area contributed by atoms with Gasteiger partial charge in [-0.05, 0) is 12.1 Å². The molecule has 0 bridgehead atoms. The number of halogens is 2. The van der Waals surface area contributed by atoms with Crippen molar-refractivity contribution in [3.05, 3.63) is 23.1 Å². The third-order valence-corrected chi connectivity index (χ3v) is 3.05. The Labute approximate surface area is 99.2 Å². The lowest BCUT2D eigenvalue weighted by atomic mass is 10.1. The monoisotopic (exact) mass is 258 g/mol. The van der Waals surface area contributed by atoms with Crippen molar-refractivity contribution in [2.45, 2.75) is 13.3 Å². The Kier molecular flexibility index (Phi) is 2.97. The molecular formula is C11H8F2O3S. The van der Waals surface area contributed by atoms with E-state index in [0.717, 1.165) is 17.4 Å². The highest BCUT2D eigenvalue weighted by Gasteiger charge is 2.19. The van der Waals surface area contributed by atoms with Crippen molar-refractivity contribution in [1.82, 2.24) is 0 Å². The lowest BCUT2D eigenvalue weighted by Crippen LogP contribution is -2.01. The summed E-state index contributed by atoms with van der Waals surface area (Å²) >= 11 is 1.13. The predicted octanol–water partition coefficient (Wildman–Crippen LogP) is 3.47. The lowest BCUT2D eigenvalue weighted by Gasteiger charge is -2.06. The van der Waals surface area contributed by atoms with E-state index in [1.165, 1.54) is 18.4 Å². The Morgan fingerprint density at radius 1 is 1.47 bits per heavy atom. The van der Waals surface area contributed by atoms with Gasteiger partial charge in [0.25, 0.3) is 6.43 Å². The lowest BCUT2D eigenvalue weighted by molar-refractivity contribution is -0.131. The standard InChI is InChI=1S/C11H8F2O3S/c1-5(14)16-8-4-17-9-3-6(15)2-7(10(8)9)11(12)13/h2-4,11,15H,1H3. The molecular weight excluding hydrogens is 250 g/mol. The first-order valence-corrected chi connectivity index (χ1v) is 5.57. The first kappa shape index (κ1) is 11.8. The van der Waals surface area contributed by atoms with Gasteiger partial charge in [0.2, 0.25) is 0 Å². The highest BCUT2D eigenvalue weighted by molar-refractivity contribution is 7.17. The van der Waals surface area contributed by atoms with Crippen LogP contribution in [0, 0.1) is 0 Å². The minimum Gasteiger partial charge on any atom is -0.508 e. The number of alkyl halides is 2. The number of carbonyl (C=O) groups is 1. The molecule has 0 atom stereocenters. The fourth-order valence-corrected chi connectivity index (χ4v) is 2.48. The quantitative estimate of drug-likeness (QED) is 0.839. The van der Waals surface area contributed by atoms with Crippen LogP contribution in [0.3, 0.4) is 0 Å². The summed E-state index contributed by atoms with van der Waals surface area (Å²) in [6.45, 7) is 1.20. The molecule has 0 aliphatic rings. The number of hydrogen-bond acceptors (Lipinski definition) is 4. The summed E-state index contributed by atoms with van der Waals surface area (Å²) in [6.07, 6.45) is -2.74. The zero-order valence-corrected chi connectivity index (χ0v) is 9.55. The highest BCUT2D eigenvalue weighted by atomic mass is 32.1. The molecule has 0 fully saturated rings. The van der Waals surface area contributed by atoms with Crippen LogP contribution in [0.1, 0.15) is 18.9 Å². The molecule has 0 spiro atoms. The second-order valence-corrected chi connectivity index (χ2v) is 4.31. The van der Waals surface area contributed by atoms with Crippen molar-refractivity contribution in [3.63, 3.8) is 0 Å². The average Bonchev–Trinajstić information content (AvgIpc) is 2.59. The van der Waals surface area contributed by atoms with Gasteiger partial charge in [0.05, 0.1) is 0 Å². The number of ether oxygens (including phenoxy) is 1. The molecule has 6 heteroatoms. The topological polar surface area (TPSA) is 46.5 Å². The number of fused-ring (bicyclic) bond motifs is 1. The van der Waals surface area contributed by atoms with Crippen LogP contribution < -0.4 is 4.74 Å². The number of phenolic OH excluding ortho intramolecular Hbond substituents is 1. The molecule has 0 amide bonds. The molecule has 90 valence electrons. The second-order valence-electron chi connectivity index (χ2n) is 3.40. The number of esters is 1. The smallest absolute Gasteiger partial charge is 0.308 e. The van der Waals surface area contributed by atoms with Gasteiger partial charge in [0, 0.05) is 28.0 Å². The van der Waals surface area contributed by atoms with E-state index in [1.807, 2.05) is 0 Å². The minimum atomic E-state index is -2.74. The van der Waals surface area contributed by atoms with E-state index in [-0.39, 0.29) is 22.4 Å². The van der Waals surface area contributed by atoms with E-state index < -0.39 is 12.4 Å². The Morgan fingerprint density at radius 2 is 2.18 bits per heavy atom. The molecule has 0 unspecified atom stereocenters. The average molecular weight is 258 g/mol. The van der Waals surface area contributed by atoms with Crippen molar-refractivity contribution < 1.29 is 23.4 Å². The van der Waals surface area contributed by atoms with Crippen molar-refractivity contribution >= 4 is 27.4 Å². The third kappa shape index (κ3) is 2.21. The van der Waals surface area contributed by atoms with Gasteiger partial charge in [-0.3, -0.25) is 4.79 Å².